The SMILES string of the molecule is CCOC(=O)C1NS(=O)(=O)c2ccccc21. The number of carbonyl (C=O) groups excluding carboxylic acids is 1. The number of rotatable bonds is 2. The minimum Gasteiger partial charge on any atom is -0.465 e. The average molecular weight is 241 g/mol. The number of fused-ring (bicyclic) bond motifs is 1. The number of esters is 1. The minimum atomic E-state index is -3.57. The Kier molecular flexibility index (Phi) is 2.69. The van der Waals surface area contributed by atoms with E-state index in [9.17, 15) is 13.2 Å². The van der Waals surface area contributed by atoms with E-state index in [0.717, 1.165) is 0 Å². The van der Waals surface area contributed by atoms with Crippen molar-refractivity contribution < 1.29 is 17.9 Å². The van der Waals surface area contributed by atoms with Crippen LogP contribution in [0.2, 0.25) is 0 Å². The summed E-state index contributed by atoms with van der Waals surface area (Å²) in [6, 6.07) is 5.46. The van der Waals surface area contributed by atoms with Gasteiger partial charge in [0.25, 0.3) is 0 Å². The van der Waals surface area contributed by atoms with Gasteiger partial charge in [0.15, 0.2) is 0 Å². The van der Waals surface area contributed by atoms with Crippen LogP contribution in [0.4, 0.5) is 0 Å². The quantitative estimate of drug-likeness (QED) is 0.769. The van der Waals surface area contributed by atoms with Crippen molar-refractivity contribution >= 4 is 16.0 Å². The van der Waals surface area contributed by atoms with Crippen LogP contribution >= 0.6 is 0 Å². The van der Waals surface area contributed by atoms with Crippen molar-refractivity contribution in [2.75, 3.05) is 6.61 Å². The molecule has 16 heavy (non-hydrogen) atoms. The van der Waals surface area contributed by atoms with Crippen molar-refractivity contribution in [3.63, 3.8) is 0 Å². The zero-order valence-corrected chi connectivity index (χ0v) is 9.45. The number of sulfonamides is 1. The number of hydrogen-bond acceptors (Lipinski definition) is 4. The molecule has 1 aliphatic heterocycles. The van der Waals surface area contributed by atoms with Crippen molar-refractivity contribution in [3.8, 4) is 0 Å². The fraction of sp³-hybridized carbons (Fsp3) is 0.300. The summed E-state index contributed by atoms with van der Waals surface area (Å²) < 4.78 is 30.4. The van der Waals surface area contributed by atoms with Crippen LogP contribution in [0.25, 0.3) is 0 Å². The molecule has 1 unspecified atom stereocenters. The molecule has 0 radical (unpaired) electrons. The van der Waals surface area contributed by atoms with Gasteiger partial charge < -0.3 is 4.74 Å². The molecule has 0 saturated carbocycles. The van der Waals surface area contributed by atoms with Gasteiger partial charge >= 0.3 is 5.97 Å². The third-order valence-electron chi connectivity index (χ3n) is 2.31. The summed E-state index contributed by atoms with van der Waals surface area (Å²) in [5, 5.41) is 0. The van der Waals surface area contributed by atoms with Crippen molar-refractivity contribution in [1.82, 2.24) is 4.72 Å². The third-order valence-corrected chi connectivity index (χ3v) is 3.81. The summed E-state index contributed by atoms with van der Waals surface area (Å²) in [7, 11) is -3.57. The smallest absolute Gasteiger partial charge is 0.328 e. The van der Waals surface area contributed by atoms with Crippen LogP contribution in [0.15, 0.2) is 29.2 Å². The third kappa shape index (κ3) is 1.70. The summed E-state index contributed by atoms with van der Waals surface area (Å²) in [4.78, 5) is 11.7. The van der Waals surface area contributed by atoms with Gasteiger partial charge in [0.05, 0.1) is 11.5 Å². The molecular formula is C10H11NO4S. The Morgan fingerprint density at radius 1 is 1.44 bits per heavy atom. The highest BCUT2D eigenvalue weighted by Crippen LogP contribution is 2.30. The number of ether oxygens (including phenoxy) is 1. The van der Waals surface area contributed by atoms with E-state index in [4.69, 9.17) is 4.74 Å². The van der Waals surface area contributed by atoms with Crippen LogP contribution in [0.1, 0.15) is 18.5 Å². The van der Waals surface area contributed by atoms with Crippen molar-refractivity contribution in [3.05, 3.63) is 29.8 Å². The van der Waals surface area contributed by atoms with Gasteiger partial charge in [0, 0.05) is 5.56 Å². The fourth-order valence-electron chi connectivity index (χ4n) is 1.65. The van der Waals surface area contributed by atoms with Gasteiger partial charge in [-0.25, -0.2) is 13.2 Å². The number of carbonyl (C=O) groups is 1. The molecule has 6 heteroatoms. The highest BCUT2D eigenvalue weighted by atomic mass is 32.2. The maximum absolute atomic E-state index is 11.7. The molecule has 1 atom stereocenters. The first kappa shape index (κ1) is 11.1. The summed E-state index contributed by atoms with van der Waals surface area (Å²) in [6.45, 7) is 1.90. The molecular weight excluding hydrogens is 230 g/mol. The molecule has 1 heterocycles. The van der Waals surface area contributed by atoms with E-state index in [1.807, 2.05) is 0 Å². The van der Waals surface area contributed by atoms with Crippen molar-refractivity contribution in [2.24, 2.45) is 0 Å². The largest absolute Gasteiger partial charge is 0.465 e. The molecule has 0 spiro atoms. The number of hydrogen-bond donors (Lipinski definition) is 1. The lowest BCUT2D eigenvalue weighted by atomic mass is 10.1. The molecule has 1 aromatic rings. The van der Waals surface area contributed by atoms with Crippen molar-refractivity contribution in [2.45, 2.75) is 17.9 Å². The summed E-state index contributed by atoms with van der Waals surface area (Å²) in [5.74, 6) is -0.573. The second-order valence-electron chi connectivity index (χ2n) is 3.34. The molecule has 0 amide bonds. The van der Waals surface area contributed by atoms with Crippen LogP contribution in [0.3, 0.4) is 0 Å². The Labute approximate surface area is 93.5 Å². The molecule has 1 aliphatic rings. The lowest BCUT2D eigenvalue weighted by Gasteiger charge is -2.08. The first-order valence-corrected chi connectivity index (χ1v) is 6.32. The van der Waals surface area contributed by atoms with Gasteiger partial charge in [-0.2, -0.15) is 4.72 Å². The van der Waals surface area contributed by atoms with E-state index in [-0.39, 0.29) is 11.5 Å². The van der Waals surface area contributed by atoms with Gasteiger partial charge in [0.2, 0.25) is 10.0 Å². The van der Waals surface area contributed by atoms with Crippen LogP contribution in [0, 0.1) is 0 Å². The molecule has 2 rings (SSSR count). The maximum atomic E-state index is 11.7. The minimum absolute atomic E-state index is 0.146. The zero-order chi connectivity index (χ0) is 11.8. The standard InChI is InChI=1S/C10H11NO4S/c1-2-15-10(12)9-7-5-3-4-6-8(7)16(13,14)11-9/h3-6,9,11H,2H2,1H3. The van der Waals surface area contributed by atoms with Crippen LogP contribution in [0.5, 0.6) is 0 Å². The van der Waals surface area contributed by atoms with E-state index < -0.39 is 22.0 Å². The highest BCUT2D eigenvalue weighted by molar-refractivity contribution is 7.89. The number of nitrogens with one attached hydrogen (secondary N) is 1. The van der Waals surface area contributed by atoms with E-state index >= 15 is 0 Å². The van der Waals surface area contributed by atoms with Crippen LogP contribution in [-0.2, 0) is 19.6 Å². The Morgan fingerprint density at radius 3 is 2.81 bits per heavy atom. The second-order valence-corrected chi connectivity index (χ2v) is 5.03. The van der Waals surface area contributed by atoms with Gasteiger partial charge in [-0.1, -0.05) is 18.2 Å². The Bertz CT molecular complexity index is 523. The van der Waals surface area contributed by atoms with E-state index in [0.29, 0.717) is 5.56 Å². The van der Waals surface area contributed by atoms with Crippen molar-refractivity contribution in [1.29, 1.82) is 0 Å². The van der Waals surface area contributed by atoms with Gasteiger partial charge in [-0.15, -0.1) is 0 Å². The summed E-state index contributed by atoms with van der Waals surface area (Å²) in [6.07, 6.45) is 0. The number of benzene rings is 1. The second kappa shape index (κ2) is 3.88. The van der Waals surface area contributed by atoms with Gasteiger partial charge in [0.1, 0.15) is 6.04 Å². The van der Waals surface area contributed by atoms with Crippen LogP contribution < -0.4 is 4.72 Å². The Hall–Kier alpha value is -1.40. The van der Waals surface area contributed by atoms with Gasteiger partial charge in [-0.05, 0) is 13.0 Å². The summed E-state index contributed by atoms with van der Waals surface area (Å²) >= 11 is 0. The topological polar surface area (TPSA) is 72.5 Å². The van der Waals surface area contributed by atoms with E-state index in [2.05, 4.69) is 4.72 Å². The molecule has 0 aliphatic carbocycles. The molecule has 0 fully saturated rings. The Morgan fingerprint density at radius 2 is 2.12 bits per heavy atom. The lowest BCUT2D eigenvalue weighted by Crippen LogP contribution is -2.27. The van der Waals surface area contributed by atoms with E-state index in [1.54, 1.807) is 25.1 Å². The Balaban J connectivity index is 2.45. The average Bonchev–Trinajstić information content (AvgIpc) is 2.52. The predicted octanol–water partition coefficient (Wildman–Crippen LogP) is 0.583. The molecule has 0 saturated heterocycles. The fourth-order valence-corrected chi connectivity index (χ4v) is 3.06. The lowest BCUT2D eigenvalue weighted by molar-refractivity contribution is -0.145. The zero-order valence-electron chi connectivity index (χ0n) is 8.64. The molecule has 86 valence electrons. The monoisotopic (exact) mass is 241 g/mol. The first-order valence-electron chi connectivity index (χ1n) is 4.84. The van der Waals surface area contributed by atoms with E-state index in [1.165, 1.54) is 6.07 Å². The normalized spacial score (nSPS) is 21.4. The summed E-state index contributed by atoms with van der Waals surface area (Å²) in [5.41, 5.74) is 0.445. The highest BCUT2D eigenvalue weighted by Gasteiger charge is 2.38. The molecule has 1 N–H and O–H groups in total. The van der Waals surface area contributed by atoms with Crippen LogP contribution in [-0.4, -0.2) is 21.0 Å². The molecule has 1 aromatic carbocycles. The van der Waals surface area contributed by atoms with Gasteiger partial charge in [-0.3, -0.25) is 0 Å². The molecule has 0 aromatic heterocycles. The maximum Gasteiger partial charge on any atom is 0.328 e. The predicted molar refractivity (Wildman–Crippen MR) is 56.1 cm³/mol. The molecule has 0 bridgehead atoms. The molecule has 5 nitrogen and oxygen atoms in total. The first-order chi connectivity index (χ1) is 7.56.